The van der Waals surface area contributed by atoms with Crippen molar-refractivity contribution in [2.45, 2.75) is 0 Å². The number of para-hydroxylation sites is 2. The molecule has 6 nitrogen and oxygen atoms in total. The van der Waals surface area contributed by atoms with Crippen molar-refractivity contribution in [3.05, 3.63) is 34.4 Å². The third-order valence-corrected chi connectivity index (χ3v) is 1.94. The summed E-state index contributed by atoms with van der Waals surface area (Å²) >= 11 is 0. The molecule has 0 unspecified atom stereocenters. The maximum absolute atomic E-state index is 10.7. The lowest BCUT2D eigenvalue weighted by Gasteiger charge is -2.14. The van der Waals surface area contributed by atoms with Crippen LogP contribution >= 0.6 is 0 Å². The Morgan fingerprint density at radius 2 is 2.27 bits per heavy atom. The minimum atomic E-state index is -0.470. The molecule has 6 heteroatoms. The summed E-state index contributed by atoms with van der Waals surface area (Å²) in [6.45, 7) is 1.27. The van der Waals surface area contributed by atoms with Crippen LogP contribution in [0.4, 0.5) is 5.69 Å². The maximum atomic E-state index is 10.7. The van der Waals surface area contributed by atoms with Gasteiger partial charge in [0.1, 0.15) is 6.34 Å². The van der Waals surface area contributed by atoms with Crippen LogP contribution in [0, 0.1) is 10.1 Å². The number of hydrogen-bond acceptors (Lipinski definition) is 5. The fraction of sp³-hybridized carbons (Fsp3) is 0.222. The lowest BCUT2D eigenvalue weighted by Crippen LogP contribution is -2.24. The molecule has 1 heterocycles. The first kappa shape index (κ1) is 9.45. The van der Waals surface area contributed by atoms with Crippen LogP contribution in [0.3, 0.4) is 0 Å². The number of aliphatic imine (C=N–C) groups is 1. The lowest BCUT2D eigenvalue weighted by atomic mass is 10.3. The summed E-state index contributed by atoms with van der Waals surface area (Å²) in [5, 5.41) is 12.1. The van der Waals surface area contributed by atoms with Gasteiger partial charge in [-0.05, 0) is 6.07 Å². The van der Waals surface area contributed by atoms with Crippen LogP contribution in [0.1, 0.15) is 0 Å². The van der Waals surface area contributed by atoms with E-state index < -0.39 is 4.92 Å². The summed E-state index contributed by atoms with van der Waals surface area (Å²) < 4.78 is 0. The van der Waals surface area contributed by atoms with Crippen molar-refractivity contribution in [2.75, 3.05) is 13.1 Å². The molecule has 0 aliphatic carbocycles. The van der Waals surface area contributed by atoms with E-state index >= 15 is 0 Å². The highest BCUT2D eigenvalue weighted by molar-refractivity contribution is 5.56. The molecule has 0 spiro atoms. The second kappa shape index (κ2) is 3.95. The molecule has 0 bridgehead atoms. The Morgan fingerprint density at radius 3 is 2.93 bits per heavy atom. The second-order valence-corrected chi connectivity index (χ2v) is 2.98. The zero-order valence-electron chi connectivity index (χ0n) is 7.87. The van der Waals surface area contributed by atoms with Crippen LogP contribution in [0.25, 0.3) is 0 Å². The Hall–Kier alpha value is -2.11. The first-order valence-electron chi connectivity index (χ1n) is 4.45. The number of nitro benzene ring substituents is 1. The Labute approximate surface area is 85.9 Å². The summed E-state index contributed by atoms with van der Waals surface area (Å²) in [5.74, 6) is 0.232. The van der Waals surface area contributed by atoms with Crippen LogP contribution in [-0.2, 0) is 0 Å². The van der Waals surface area contributed by atoms with E-state index in [1.807, 2.05) is 0 Å². The van der Waals surface area contributed by atoms with E-state index in [2.05, 4.69) is 4.99 Å². The zero-order chi connectivity index (χ0) is 10.7. The molecule has 0 saturated heterocycles. The maximum Gasteiger partial charge on any atom is 0.314 e. The van der Waals surface area contributed by atoms with Gasteiger partial charge >= 0.3 is 5.69 Å². The Kier molecular flexibility index (Phi) is 2.49. The van der Waals surface area contributed by atoms with E-state index in [1.165, 1.54) is 17.5 Å². The first-order valence-corrected chi connectivity index (χ1v) is 4.45. The minimum Gasteiger partial charge on any atom is -0.371 e. The quantitative estimate of drug-likeness (QED) is 0.552. The summed E-state index contributed by atoms with van der Waals surface area (Å²) in [5.41, 5.74) is -0.0437. The number of hydroxylamine groups is 2. The molecule has 0 fully saturated rings. The number of benzene rings is 1. The highest BCUT2D eigenvalue weighted by Gasteiger charge is 2.17. The highest BCUT2D eigenvalue weighted by atomic mass is 16.7. The van der Waals surface area contributed by atoms with Gasteiger partial charge in [0, 0.05) is 6.07 Å². The Balaban J connectivity index is 2.19. The van der Waals surface area contributed by atoms with Crippen molar-refractivity contribution < 1.29 is 9.76 Å². The number of nitrogens with zero attached hydrogens (tertiary/aromatic N) is 3. The van der Waals surface area contributed by atoms with E-state index in [0.29, 0.717) is 13.1 Å². The van der Waals surface area contributed by atoms with Crippen molar-refractivity contribution >= 4 is 12.0 Å². The summed E-state index contributed by atoms with van der Waals surface area (Å²) in [7, 11) is 0. The van der Waals surface area contributed by atoms with Gasteiger partial charge in [-0.25, -0.2) is 0 Å². The van der Waals surface area contributed by atoms with Crippen molar-refractivity contribution in [3.8, 4) is 5.75 Å². The summed E-state index contributed by atoms with van der Waals surface area (Å²) in [6.07, 6.45) is 1.52. The van der Waals surface area contributed by atoms with Gasteiger partial charge in [0.25, 0.3) is 0 Å². The SMILES string of the molecule is O=[N+]([O-])c1ccccc1ON1C=NCC1. The molecule has 0 saturated carbocycles. The third-order valence-electron chi connectivity index (χ3n) is 1.94. The fourth-order valence-electron chi connectivity index (χ4n) is 1.24. The standard InChI is InChI=1S/C9H9N3O3/c13-12(14)8-3-1-2-4-9(8)15-11-6-5-10-7-11/h1-4,7H,5-6H2. The van der Waals surface area contributed by atoms with Crippen molar-refractivity contribution in [1.29, 1.82) is 0 Å². The molecule has 78 valence electrons. The van der Waals surface area contributed by atoms with Gasteiger partial charge in [0.05, 0.1) is 18.0 Å². The van der Waals surface area contributed by atoms with Crippen LogP contribution in [0.15, 0.2) is 29.3 Å². The number of rotatable bonds is 3. The molecular weight excluding hydrogens is 198 g/mol. The molecule has 0 aromatic heterocycles. The smallest absolute Gasteiger partial charge is 0.314 e. The third kappa shape index (κ3) is 2.04. The fourth-order valence-corrected chi connectivity index (χ4v) is 1.24. The normalized spacial score (nSPS) is 14.3. The largest absolute Gasteiger partial charge is 0.371 e. The molecule has 0 N–H and O–H groups in total. The average molecular weight is 207 g/mol. The van der Waals surface area contributed by atoms with Crippen LogP contribution in [-0.4, -0.2) is 29.4 Å². The van der Waals surface area contributed by atoms with Gasteiger partial charge in [-0.1, -0.05) is 12.1 Å². The molecular formula is C9H9N3O3. The number of nitro groups is 1. The van der Waals surface area contributed by atoms with Gasteiger partial charge in [-0.3, -0.25) is 15.1 Å². The monoisotopic (exact) mass is 207 g/mol. The van der Waals surface area contributed by atoms with Gasteiger partial charge in [0.2, 0.25) is 5.75 Å². The predicted molar refractivity (Wildman–Crippen MR) is 53.8 cm³/mol. The lowest BCUT2D eigenvalue weighted by molar-refractivity contribution is -0.386. The van der Waals surface area contributed by atoms with E-state index in [4.69, 9.17) is 4.84 Å². The molecule has 1 aromatic carbocycles. The molecule has 0 atom stereocenters. The van der Waals surface area contributed by atoms with E-state index in [-0.39, 0.29) is 11.4 Å². The van der Waals surface area contributed by atoms with E-state index in [9.17, 15) is 10.1 Å². The molecule has 1 aliphatic rings. The number of hydrogen-bond donors (Lipinski definition) is 0. The average Bonchev–Trinajstić information content (AvgIpc) is 2.71. The Bertz CT molecular complexity index is 405. The molecule has 0 radical (unpaired) electrons. The highest BCUT2D eigenvalue weighted by Crippen LogP contribution is 2.26. The van der Waals surface area contributed by atoms with Crippen LogP contribution in [0.2, 0.25) is 0 Å². The van der Waals surface area contributed by atoms with Crippen LogP contribution < -0.4 is 4.84 Å². The second-order valence-electron chi connectivity index (χ2n) is 2.98. The van der Waals surface area contributed by atoms with Crippen molar-refractivity contribution in [2.24, 2.45) is 4.99 Å². The molecule has 1 aliphatic heterocycles. The van der Waals surface area contributed by atoms with Crippen molar-refractivity contribution in [3.63, 3.8) is 0 Å². The van der Waals surface area contributed by atoms with Gasteiger partial charge in [-0.2, -0.15) is 5.06 Å². The van der Waals surface area contributed by atoms with Crippen LogP contribution in [0.5, 0.6) is 5.75 Å². The Morgan fingerprint density at radius 1 is 1.47 bits per heavy atom. The van der Waals surface area contributed by atoms with Gasteiger partial charge in [0.15, 0.2) is 0 Å². The summed E-state index contributed by atoms with van der Waals surface area (Å²) in [6, 6.07) is 6.26. The molecule has 15 heavy (non-hydrogen) atoms. The topological polar surface area (TPSA) is 68.0 Å². The summed E-state index contributed by atoms with van der Waals surface area (Å²) in [4.78, 5) is 19.5. The van der Waals surface area contributed by atoms with E-state index in [0.717, 1.165) is 0 Å². The predicted octanol–water partition coefficient (Wildman–Crippen LogP) is 1.23. The molecule has 0 amide bonds. The zero-order valence-corrected chi connectivity index (χ0v) is 7.87. The van der Waals surface area contributed by atoms with Crippen molar-refractivity contribution in [1.82, 2.24) is 5.06 Å². The first-order chi connectivity index (χ1) is 7.27. The van der Waals surface area contributed by atoms with Gasteiger partial charge < -0.3 is 4.84 Å². The van der Waals surface area contributed by atoms with E-state index in [1.54, 1.807) is 18.2 Å². The van der Waals surface area contributed by atoms with Gasteiger partial charge in [-0.15, -0.1) is 0 Å². The minimum absolute atomic E-state index is 0.0437. The molecule has 1 aromatic rings. The molecule has 2 rings (SSSR count).